The maximum absolute atomic E-state index is 12.4. The average Bonchev–Trinajstić information content (AvgIpc) is 3.04. The molecule has 0 bridgehead atoms. The van der Waals surface area contributed by atoms with E-state index in [1.54, 1.807) is 16.2 Å². The van der Waals surface area contributed by atoms with Gasteiger partial charge in [0.25, 0.3) is 0 Å². The molecule has 0 saturated carbocycles. The van der Waals surface area contributed by atoms with Gasteiger partial charge in [-0.3, -0.25) is 0 Å². The Morgan fingerprint density at radius 3 is 2.92 bits per heavy atom. The van der Waals surface area contributed by atoms with E-state index in [1.165, 1.54) is 4.88 Å². The largest absolute Gasteiger partial charge is 0.488 e. The van der Waals surface area contributed by atoms with Crippen LogP contribution in [0.3, 0.4) is 0 Å². The van der Waals surface area contributed by atoms with Crippen molar-refractivity contribution in [3.8, 4) is 5.75 Å². The number of rotatable bonds is 5. The van der Waals surface area contributed by atoms with Crippen LogP contribution in [0.4, 0.5) is 10.5 Å². The fraction of sp³-hybridized carbons (Fsp3) is 0.389. The van der Waals surface area contributed by atoms with Gasteiger partial charge in [0.1, 0.15) is 12.4 Å². The predicted octanol–water partition coefficient (Wildman–Crippen LogP) is 2.80. The molecule has 1 aromatic carbocycles. The monoisotopic (exact) mass is 362 g/mol. The maximum atomic E-state index is 12.4. The minimum Gasteiger partial charge on any atom is -0.488 e. The van der Waals surface area contributed by atoms with Crippen LogP contribution >= 0.6 is 11.3 Å². The molecule has 2 aromatic rings. The van der Waals surface area contributed by atoms with Crippen molar-refractivity contribution < 1.29 is 19.4 Å². The second kappa shape index (κ2) is 8.84. The normalized spacial score (nSPS) is 17.8. The lowest BCUT2D eigenvalue weighted by molar-refractivity contribution is 0.0958. The molecule has 25 heavy (non-hydrogen) atoms. The highest BCUT2D eigenvalue weighted by Crippen LogP contribution is 2.19. The van der Waals surface area contributed by atoms with Gasteiger partial charge in [0.15, 0.2) is 0 Å². The summed E-state index contributed by atoms with van der Waals surface area (Å²) in [5, 5.41) is 14.2. The smallest absolute Gasteiger partial charge is 0.321 e. The predicted molar refractivity (Wildman–Crippen MR) is 97.1 cm³/mol. The van der Waals surface area contributed by atoms with Crippen molar-refractivity contribution >= 4 is 23.1 Å². The summed E-state index contributed by atoms with van der Waals surface area (Å²) in [6.45, 7) is 2.53. The molecule has 1 aliphatic rings. The molecule has 1 aromatic heterocycles. The Bertz CT molecular complexity index is 660. The fourth-order valence-electron chi connectivity index (χ4n) is 2.56. The van der Waals surface area contributed by atoms with Gasteiger partial charge in [0, 0.05) is 36.2 Å². The van der Waals surface area contributed by atoms with Crippen LogP contribution in [0.25, 0.3) is 0 Å². The molecular formula is C18H22N2O4S. The van der Waals surface area contributed by atoms with Gasteiger partial charge in [-0.05, 0) is 35.7 Å². The third kappa shape index (κ3) is 5.19. The molecule has 1 aliphatic heterocycles. The molecule has 1 saturated heterocycles. The van der Waals surface area contributed by atoms with Gasteiger partial charge >= 0.3 is 6.03 Å². The molecule has 1 atom stereocenters. The van der Waals surface area contributed by atoms with E-state index >= 15 is 0 Å². The summed E-state index contributed by atoms with van der Waals surface area (Å²) < 4.78 is 11.1. The summed E-state index contributed by atoms with van der Waals surface area (Å²) in [7, 11) is 0. The van der Waals surface area contributed by atoms with Gasteiger partial charge in [0.2, 0.25) is 0 Å². The first kappa shape index (κ1) is 17.7. The number of benzene rings is 1. The molecule has 0 radical (unpaired) electrons. The summed E-state index contributed by atoms with van der Waals surface area (Å²) in [6.07, 6.45) is 0. The van der Waals surface area contributed by atoms with Gasteiger partial charge in [-0.15, -0.1) is 11.3 Å². The van der Waals surface area contributed by atoms with E-state index in [2.05, 4.69) is 5.32 Å². The Balaban J connectivity index is 1.52. The molecule has 134 valence electrons. The number of amides is 2. The number of hydrogen-bond donors (Lipinski definition) is 2. The van der Waals surface area contributed by atoms with Crippen molar-refractivity contribution in [1.82, 2.24) is 4.90 Å². The second-order valence-electron chi connectivity index (χ2n) is 5.89. The Labute approximate surface area is 151 Å². The molecule has 6 nitrogen and oxygen atoms in total. The van der Waals surface area contributed by atoms with Crippen LogP contribution in [0.15, 0.2) is 41.8 Å². The average molecular weight is 362 g/mol. The lowest BCUT2D eigenvalue weighted by atomic mass is 10.2. The minimum absolute atomic E-state index is 0.0139. The molecule has 2 N–H and O–H groups in total. The summed E-state index contributed by atoms with van der Waals surface area (Å²) in [4.78, 5) is 15.2. The third-order valence-corrected chi connectivity index (χ3v) is 4.80. The number of carbonyl (C=O) groups is 1. The quantitative estimate of drug-likeness (QED) is 0.858. The number of nitrogens with zero attached hydrogens (tertiary/aromatic N) is 1. The van der Waals surface area contributed by atoms with Gasteiger partial charge in [-0.25, -0.2) is 4.79 Å². The maximum Gasteiger partial charge on any atom is 0.321 e. The SMILES string of the molecule is O=C(Nc1ccc(OCc2cccs2)cc1)N1CCOC[C@@H](CO)C1. The summed E-state index contributed by atoms with van der Waals surface area (Å²) in [5.74, 6) is 0.719. The van der Waals surface area contributed by atoms with Gasteiger partial charge in [-0.1, -0.05) is 6.07 Å². The first-order valence-corrected chi connectivity index (χ1v) is 9.12. The molecule has 0 spiro atoms. The Morgan fingerprint density at radius 2 is 2.20 bits per heavy atom. The Hall–Kier alpha value is -2.09. The first-order valence-electron chi connectivity index (χ1n) is 8.24. The summed E-state index contributed by atoms with van der Waals surface area (Å²) in [5.41, 5.74) is 0.708. The zero-order valence-electron chi connectivity index (χ0n) is 13.9. The fourth-order valence-corrected chi connectivity index (χ4v) is 3.18. The van der Waals surface area contributed by atoms with Crippen molar-refractivity contribution in [1.29, 1.82) is 0 Å². The van der Waals surface area contributed by atoms with Gasteiger partial charge in [0.05, 0.1) is 13.2 Å². The number of anilines is 1. The lowest BCUT2D eigenvalue weighted by Crippen LogP contribution is -2.39. The highest BCUT2D eigenvalue weighted by Gasteiger charge is 2.22. The number of urea groups is 1. The number of hydrogen-bond acceptors (Lipinski definition) is 5. The van der Waals surface area contributed by atoms with Crippen LogP contribution in [0.2, 0.25) is 0 Å². The van der Waals surface area contributed by atoms with Crippen LogP contribution in [0, 0.1) is 5.92 Å². The number of carbonyl (C=O) groups excluding carboxylic acids is 1. The van der Waals surface area contributed by atoms with Crippen LogP contribution in [0.5, 0.6) is 5.75 Å². The molecule has 0 aliphatic carbocycles. The van der Waals surface area contributed by atoms with E-state index < -0.39 is 0 Å². The van der Waals surface area contributed by atoms with Crippen molar-refractivity contribution in [3.05, 3.63) is 46.7 Å². The van der Waals surface area contributed by atoms with E-state index in [9.17, 15) is 9.90 Å². The van der Waals surface area contributed by atoms with Crippen molar-refractivity contribution in [3.63, 3.8) is 0 Å². The zero-order valence-corrected chi connectivity index (χ0v) is 14.7. The number of ether oxygens (including phenoxy) is 2. The number of aliphatic hydroxyl groups is 1. The van der Waals surface area contributed by atoms with E-state index in [4.69, 9.17) is 9.47 Å². The second-order valence-corrected chi connectivity index (χ2v) is 6.92. The van der Waals surface area contributed by atoms with Gasteiger partial charge in [-0.2, -0.15) is 0 Å². The topological polar surface area (TPSA) is 71.0 Å². The minimum atomic E-state index is -0.184. The molecule has 3 rings (SSSR count). The molecular weight excluding hydrogens is 340 g/mol. The molecule has 7 heteroatoms. The number of aliphatic hydroxyl groups excluding tert-OH is 1. The van der Waals surface area contributed by atoms with E-state index in [0.29, 0.717) is 38.6 Å². The van der Waals surface area contributed by atoms with E-state index in [-0.39, 0.29) is 18.6 Å². The summed E-state index contributed by atoms with van der Waals surface area (Å²) >= 11 is 1.66. The summed E-state index contributed by atoms with van der Waals surface area (Å²) in [6, 6.07) is 11.2. The zero-order chi connectivity index (χ0) is 17.5. The molecule has 2 amide bonds. The Kier molecular flexibility index (Phi) is 6.27. The Morgan fingerprint density at radius 1 is 1.36 bits per heavy atom. The first-order chi connectivity index (χ1) is 12.2. The van der Waals surface area contributed by atoms with Crippen LogP contribution in [0.1, 0.15) is 4.88 Å². The molecule has 0 unspecified atom stereocenters. The third-order valence-electron chi connectivity index (χ3n) is 3.95. The molecule has 2 heterocycles. The van der Waals surface area contributed by atoms with Crippen molar-refractivity contribution in [2.45, 2.75) is 6.61 Å². The standard InChI is InChI=1S/C18H22N2O4S/c21-11-14-10-20(7-8-23-12-14)18(22)19-15-3-5-16(6-4-15)24-13-17-2-1-9-25-17/h1-6,9,14,21H,7-8,10-13H2,(H,19,22)/t14-/m1/s1. The number of nitrogens with one attached hydrogen (secondary N) is 1. The van der Waals surface area contributed by atoms with Gasteiger partial charge < -0.3 is 24.8 Å². The van der Waals surface area contributed by atoms with Crippen LogP contribution in [-0.2, 0) is 11.3 Å². The highest BCUT2D eigenvalue weighted by atomic mass is 32.1. The van der Waals surface area contributed by atoms with E-state index in [0.717, 1.165) is 5.75 Å². The van der Waals surface area contributed by atoms with Crippen LogP contribution < -0.4 is 10.1 Å². The molecule has 1 fully saturated rings. The number of thiophene rings is 1. The van der Waals surface area contributed by atoms with Crippen molar-refractivity contribution in [2.24, 2.45) is 5.92 Å². The van der Waals surface area contributed by atoms with E-state index in [1.807, 2.05) is 41.8 Å². The van der Waals surface area contributed by atoms with Crippen LogP contribution in [-0.4, -0.2) is 48.9 Å². The lowest BCUT2D eigenvalue weighted by Gasteiger charge is -2.23. The highest BCUT2D eigenvalue weighted by molar-refractivity contribution is 7.09. The van der Waals surface area contributed by atoms with Crippen molar-refractivity contribution in [2.75, 3.05) is 38.2 Å².